The molecule has 3 heterocycles. The van der Waals surface area contributed by atoms with Gasteiger partial charge in [-0.05, 0) is 53.4 Å². The number of rotatable bonds is 10. The summed E-state index contributed by atoms with van der Waals surface area (Å²) in [5, 5.41) is 9.14. The minimum absolute atomic E-state index is 0.0843. The molecule has 2 amide bonds. The van der Waals surface area contributed by atoms with Crippen molar-refractivity contribution in [3.8, 4) is 0 Å². The number of hydrogen-bond donors (Lipinski definition) is 1. The molecule has 1 unspecified atom stereocenters. The van der Waals surface area contributed by atoms with E-state index >= 15 is 0 Å². The van der Waals surface area contributed by atoms with Gasteiger partial charge in [-0.1, -0.05) is 22.0 Å². The second-order valence-corrected chi connectivity index (χ2v) is 11.3. The fourth-order valence-electron chi connectivity index (χ4n) is 5.70. The van der Waals surface area contributed by atoms with Gasteiger partial charge in [0.15, 0.2) is 0 Å². The van der Waals surface area contributed by atoms with E-state index < -0.39 is 41.1 Å². The molecule has 3 saturated heterocycles. The Kier molecular flexibility index (Phi) is 7.96. The molecule has 3 rings (SSSR count). The Morgan fingerprint density at radius 1 is 1.36 bits per heavy atom. The summed E-state index contributed by atoms with van der Waals surface area (Å²) in [5.41, 5.74) is -1.57. The lowest BCUT2D eigenvalue weighted by Gasteiger charge is -2.42. The molecule has 2 bridgehead atoms. The molecule has 33 heavy (non-hydrogen) atoms. The summed E-state index contributed by atoms with van der Waals surface area (Å²) < 4.78 is 11.8. The average molecular weight is 529 g/mol. The number of carbonyl (C=O) groups excluding carboxylic acids is 3. The highest BCUT2D eigenvalue weighted by Gasteiger charge is 2.77. The van der Waals surface area contributed by atoms with Gasteiger partial charge in [-0.25, -0.2) is 0 Å². The summed E-state index contributed by atoms with van der Waals surface area (Å²) in [5.74, 6) is -2.34. The molecule has 3 aliphatic heterocycles. The molecule has 9 heteroatoms. The van der Waals surface area contributed by atoms with Gasteiger partial charge >= 0.3 is 5.97 Å². The molecule has 0 radical (unpaired) electrons. The van der Waals surface area contributed by atoms with Crippen molar-refractivity contribution in [2.75, 3.05) is 26.3 Å². The fraction of sp³-hybridized carbons (Fsp3) is 0.792. The number of aliphatic hydroxyl groups is 1. The van der Waals surface area contributed by atoms with Crippen LogP contribution in [-0.4, -0.2) is 87.1 Å². The maximum absolute atomic E-state index is 14.1. The molecule has 8 nitrogen and oxygen atoms in total. The Hall–Kier alpha value is -1.45. The predicted octanol–water partition coefficient (Wildman–Crippen LogP) is 2.27. The van der Waals surface area contributed by atoms with Crippen LogP contribution in [0.15, 0.2) is 12.7 Å². The quantitative estimate of drug-likeness (QED) is 0.202. The van der Waals surface area contributed by atoms with Gasteiger partial charge in [0.1, 0.15) is 11.6 Å². The number of fused-ring (bicyclic) bond motifs is 1. The van der Waals surface area contributed by atoms with Crippen molar-refractivity contribution in [1.82, 2.24) is 9.80 Å². The number of likely N-dealkylation sites (tertiary alicyclic amines) is 1. The van der Waals surface area contributed by atoms with Crippen molar-refractivity contribution < 1.29 is 29.0 Å². The maximum atomic E-state index is 14.1. The van der Waals surface area contributed by atoms with E-state index in [1.54, 1.807) is 22.8 Å². The maximum Gasteiger partial charge on any atom is 0.312 e. The molecule has 0 aromatic heterocycles. The van der Waals surface area contributed by atoms with Crippen LogP contribution in [0.25, 0.3) is 0 Å². The van der Waals surface area contributed by atoms with E-state index in [0.717, 1.165) is 6.42 Å². The molecule has 0 aromatic rings. The third-order valence-corrected chi connectivity index (χ3v) is 7.87. The lowest BCUT2D eigenvalue weighted by atomic mass is 9.70. The summed E-state index contributed by atoms with van der Waals surface area (Å²) in [6, 6.07) is -0.826. The zero-order valence-electron chi connectivity index (χ0n) is 20.1. The smallest absolute Gasteiger partial charge is 0.312 e. The number of carbonyl (C=O) groups is 3. The van der Waals surface area contributed by atoms with Gasteiger partial charge in [-0.15, -0.1) is 6.58 Å². The highest BCUT2D eigenvalue weighted by Crippen LogP contribution is 2.60. The van der Waals surface area contributed by atoms with E-state index in [1.807, 2.05) is 20.8 Å². The Labute approximate surface area is 204 Å². The van der Waals surface area contributed by atoms with Crippen LogP contribution in [0.2, 0.25) is 0 Å². The third-order valence-electron chi connectivity index (χ3n) is 7.03. The molecule has 0 saturated carbocycles. The summed E-state index contributed by atoms with van der Waals surface area (Å²) >= 11 is 3.65. The van der Waals surface area contributed by atoms with Gasteiger partial charge in [0.05, 0.1) is 24.5 Å². The zero-order valence-corrected chi connectivity index (χ0v) is 21.7. The van der Waals surface area contributed by atoms with Crippen LogP contribution in [0.1, 0.15) is 53.4 Å². The normalized spacial score (nSPS) is 32.7. The predicted molar refractivity (Wildman–Crippen MR) is 127 cm³/mol. The Bertz CT molecular complexity index is 783. The largest absolute Gasteiger partial charge is 0.466 e. The van der Waals surface area contributed by atoms with Crippen LogP contribution in [0.5, 0.6) is 0 Å². The Morgan fingerprint density at radius 2 is 2.06 bits per heavy atom. The molecular weight excluding hydrogens is 492 g/mol. The van der Waals surface area contributed by atoms with Crippen molar-refractivity contribution in [3.63, 3.8) is 0 Å². The molecular formula is C24H37BrN2O6. The fourth-order valence-corrected chi connectivity index (χ4v) is 6.64. The minimum atomic E-state index is -1.08. The Balaban J connectivity index is 2.03. The SMILES string of the molecule is C=CCN(C(=O)[C@@H]1N(CCCCCO)C(=O)[C@H]2[C@H](C(=O)OCC)[C@H]3O[C@@]12CC3Br)C(C)(C)C. The zero-order chi connectivity index (χ0) is 24.6. The van der Waals surface area contributed by atoms with Crippen LogP contribution in [-0.2, 0) is 23.9 Å². The third kappa shape index (κ3) is 4.48. The first kappa shape index (κ1) is 26.2. The van der Waals surface area contributed by atoms with E-state index in [2.05, 4.69) is 22.5 Å². The van der Waals surface area contributed by atoms with Crippen LogP contribution in [0.3, 0.4) is 0 Å². The standard InChI is InChI=1S/C24H37BrN2O6/c1-6-11-27(23(3,4)5)21(30)19-24-14-15(25)18(33-24)16(22(31)32-7-2)17(24)20(29)26(19)12-9-8-10-13-28/h6,15-19,28H,1,7-14H2,2-5H3/t15?,16-,17+,18-,19-,24+/m0/s1. The highest BCUT2D eigenvalue weighted by atomic mass is 79.9. The first-order chi connectivity index (χ1) is 15.5. The van der Waals surface area contributed by atoms with Crippen LogP contribution in [0.4, 0.5) is 0 Å². The number of ether oxygens (including phenoxy) is 2. The number of halogens is 1. The summed E-state index contributed by atoms with van der Waals surface area (Å²) in [6.07, 6.45) is 3.67. The Morgan fingerprint density at radius 3 is 2.64 bits per heavy atom. The summed E-state index contributed by atoms with van der Waals surface area (Å²) in [4.78, 5) is 44.0. The molecule has 0 aromatic carbocycles. The van der Waals surface area contributed by atoms with Gasteiger partial charge in [0.2, 0.25) is 11.8 Å². The van der Waals surface area contributed by atoms with Gasteiger partial charge < -0.3 is 24.4 Å². The average Bonchev–Trinajstić information content (AvgIpc) is 3.32. The summed E-state index contributed by atoms with van der Waals surface area (Å²) in [6.45, 7) is 12.4. The molecule has 0 aliphatic carbocycles. The van der Waals surface area contributed by atoms with E-state index in [-0.39, 0.29) is 29.9 Å². The summed E-state index contributed by atoms with van der Waals surface area (Å²) in [7, 11) is 0. The second-order valence-electron chi connectivity index (χ2n) is 10.1. The highest BCUT2D eigenvalue weighted by molar-refractivity contribution is 9.09. The van der Waals surface area contributed by atoms with Crippen molar-refractivity contribution in [2.45, 2.75) is 81.5 Å². The van der Waals surface area contributed by atoms with Crippen LogP contribution in [0, 0.1) is 11.8 Å². The topological polar surface area (TPSA) is 96.4 Å². The second kappa shape index (κ2) is 10.0. The van der Waals surface area contributed by atoms with Gasteiger partial charge in [0, 0.05) is 30.1 Å². The first-order valence-electron chi connectivity index (χ1n) is 11.9. The van der Waals surface area contributed by atoms with E-state index in [4.69, 9.17) is 14.6 Å². The number of nitrogens with zero attached hydrogens (tertiary/aromatic N) is 2. The van der Waals surface area contributed by atoms with Crippen molar-refractivity contribution >= 4 is 33.7 Å². The van der Waals surface area contributed by atoms with Crippen LogP contribution < -0.4 is 0 Å². The molecule has 186 valence electrons. The van der Waals surface area contributed by atoms with E-state index in [9.17, 15) is 14.4 Å². The van der Waals surface area contributed by atoms with E-state index in [0.29, 0.717) is 32.4 Å². The molecule has 3 aliphatic rings. The van der Waals surface area contributed by atoms with Gasteiger partial charge in [-0.3, -0.25) is 14.4 Å². The number of amides is 2. The molecule has 1 N–H and O–H groups in total. The number of hydrogen-bond acceptors (Lipinski definition) is 6. The van der Waals surface area contributed by atoms with Crippen molar-refractivity contribution in [2.24, 2.45) is 11.8 Å². The van der Waals surface area contributed by atoms with Crippen molar-refractivity contribution in [1.29, 1.82) is 0 Å². The number of aliphatic hydroxyl groups excluding tert-OH is 1. The van der Waals surface area contributed by atoms with Crippen LogP contribution >= 0.6 is 15.9 Å². The van der Waals surface area contributed by atoms with Gasteiger partial charge in [-0.2, -0.15) is 0 Å². The number of unbranched alkanes of at least 4 members (excludes halogenated alkanes) is 2. The minimum Gasteiger partial charge on any atom is -0.466 e. The molecule has 6 atom stereocenters. The number of alkyl halides is 1. The first-order valence-corrected chi connectivity index (χ1v) is 12.8. The lowest BCUT2D eigenvalue weighted by molar-refractivity contribution is -0.155. The lowest BCUT2D eigenvalue weighted by Crippen LogP contribution is -2.60. The van der Waals surface area contributed by atoms with Gasteiger partial charge in [0.25, 0.3) is 0 Å². The monoisotopic (exact) mass is 528 g/mol. The van der Waals surface area contributed by atoms with Crippen molar-refractivity contribution in [3.05, 3.63) is 12.7 Å². The van der Waals surface area contributed by atoms with E-state index in [1.165, 1.54) is 0 Å². The molecule has 1 spiro atoms. The number of esters is 1. The molecule has 3 fully saturated rings.